The second-order valence-corrected chi connectivity index (χ2v) is 6.87. The monoisotopic (exact) mass is 394 g/mol. The van der Waals surface area contributed by atoms with Crippen LogP contribution in [0.3, 0.4) is 0 Å². The average molecular weight is 395 g/mol. The number of benzene rings is 2. The summed E-state index contributed by atoms with van der Waals surface area (Å²) in [6.45, 7) is 4.19. The van der Waals surface area contributed by atoms with Crippen molar-refractivity contribution in [1.82, 2.24) is 19.5 Å². The largest absolute Gasteiger partial charge is 0.395 e. The van der Waals surface area contributed by atoms with E-state index in [0.29, 0.717) is 17.9 Å². The highest BCUT2D eigenvalue weighted by molar-refractivity contribution is 7.71. The number of aliphatic hydroxyl groups is 1. The number of nitrogens with zero attached hydrogens (tertiary/aromatic N) is 3. The van der Waals surface area contributed by atoms with Crippen molar-refractivity contribution in [2.45, 2.75) is 20.0 Å². The molecule has 2 heterocycles. The van der Waals surface area contributed by atoms with Gasteiger partial charge in [-0.1, -0.05) is 12.1 Å². The van der Waals surface area contributed by atoms with Gasteiger partial charge in [-0.3, -0.25) is 0 Å². The lowest BCUT2D eigenvalue weighted by Gasteiger charge is -2.10. The minimum atomic E-state index is 0.114. The normalized spacial score (nSPS) is 11.2. The molecule has 0 aliphatic heterocycles. The van der Waals surface area contributed by atoms with Gasteiger partial charge in [0.25, 0.3) is 0 Å². The van der Waals surface area contributed by atoms with E-state index in [2.05, 4.69) is 49.2 Å². The van der Waals surface area contributed by atoms with Gasteiger partial charge in [0.15, 0.2) is 4.77 Å². The van der Waals surface area contributed by atoms with E-state index in [-0.39, 0.29) is 6.61 Å². The van der Waals surface area contributed by atoms with Gasteiger partial charge in [0.1, 0.15) is 12.1 Å². The predicted molar refractivity (Wildman–Crippen MR) is 115 cm³/mol. The number of hydrogen-bond acceptors (Lipinski definition) is 6. The number of nitrogens with one attached hydrogen (secondary N) is 3. The Labute approximate surface area is 167 Å². The first-order valence-electron chi connectivity index (χ1n) is 9.24. The van der Waals surface area contributed by atoms with E-state index in [1.54, 1.807) is 6.33 Å². The Morgan fingerprint density at radius 3 is 2.71 bits per heavy atom. The minimum absolute atomic E-state index is 0.114. The molecule has 4 rings (SSSR count). The van der Waals surface area contributed by atoms with Gasteiger partial charge in [0, 0.05) is 30.7 Å². The number of aromatic amines is 1. The number of aryl methyl sites for hydroxylation is 1. The summed E-state index contributed by atoms with van der Waals surface area (Å²) in [7, 11) is 0. The number of H-pyrrole nitrogens is 1. The summed E-state index contributed by atoms with van der Waals surface area (Å²) in [5.41, 5.74) is 5.04. The van der Waals surface area contributed by atoms with E-state index in [0.717, 1.165) is 45.5 Å². The molecule has 0 unspecified atom stereocenters. The lowest BCUT2D eigenvalue weighted by atomic mass is 10.2. The third kappa shape index (κ3) is 3.56. The average Bonchev–Trinajstić information content (AvgIpc) is 3.03. The molecule has 0 aliphatic rings. The Morgan fingerprint density at radius 2 is 1.96 bits per heavy atom. The summed E-state index contributed by atoms with van der Waals surface area (Å²) < 4.78 is 2.77. The van der Waals surface area contributed by atoms with Gasteiger partial charge < -0.3 is 25.3 Å². The van der Waals surface area contributed by atoms with Crippen molar-refractivity contribution in [3.05, 3.63) is 53.1 Å². The summed E-state index contributed by atoms with van der Waals surface area (Å²) in [5, 5.41) is 16.4. The molecule has 8 heteroatoms. The number of imidazole rings is 1. The molecule has 0 bridgehead atoms. The summed E-state index contributed by atoms with van der Waals surface area (Å²) in [4.78, 5) is 12.1. The maximum Gasteiger partial charge on any atom is 0.178 e. The van der Waals surface area contributed by atoms with Crippen molar-refractivity contribution in [2.75, 3.05) is 23.8 Å². The lowest BCUT2D eigenvalue weighted by molar-refractivity contribution is 0.311. The van der Waals surface area contributed by atoms with Crippen LogP contribution in [0, 0.1) is 4.77 Å². The molecule has 0 saturated heterocycles. The highest BCUT2D eigenvalue weighted by Crippen LogP contribution is 2.26. The highest BCUT2D eigenvalue weighted by atomic mass is 32.1. The van der Waals surface area contributed by atoms with E-state index < -0.39 is 0 Å². The highest BCUT2D eigenvalue weighted by Gasteiger charge is 2.09. The zero-order valence-electron chi connectivity index (χ0n) is 15.6. The Hall–Kier alpha value is -2.97. The zero-order valence-corrected chi connectivity index (χ0v) is 16.4. The molecule has 7 nitrogen and oxygen atoms in total. The van der Waals surface area contributed by atoms with Gasteiger partial charge >= 0.3 is 0 Å². The quantitative estimate of drug-likeness (QED) is 0.358. The van der Waals surface area contributed by atoms with Gasteiger partial charge in [-0.05, 0) is 49.0 Å². The molecule has 0 radical (unpaired) electrons. The van der Waals surface area contributed by atoms with Gasteiger partial charge in [0.05, 0.1) is 23.2 Å². The summed E-state index contributed by atoms with van der Waals surface area (Å²) in [6.07, 6.45) is 1.58. The van der Waals surface area contributed by atoms with Crippen LogP contribution in [0.2, 0.25) is 0 Å². The van der Waals surface area contributed by atoms with Crippen LogP contribution in [-0.4, -0.2) is 37.8 Å². The van der Waals surface area contributed by atoms with Gasteiger partial charge in [-0.25, -0.2) is 9.97 Å². The molecule has 2 aromatic carbocycles. The van der Waals surface area contributed by atoms with Crippen LogP contribution in [0.5, 0.6) is 0 Å². The first-order valence-corrected chi connectivity index (χ1v) is 9.65. The predicted octanol–water partition coefficient (Wildman–Crippen LogP) is 3.68. The third-order valence-electron chi connectivity index (χ3n) is 4.70. The Morgan fingerprint density at radius 1 is 1.14 bits per heavy atom. The number of hydrogen-bond donors (Lipinski definition) is 4. The summed E-state index contributed by atoms with van der Waals surface area (Å²) in [5.74, 6) is 0.790. The molecule has 0 atom stereocenters. The molecule has 0 aliphatic carbocycles. The zero-order chi connectivity index (χ0) is 19.5. The molecule has 28 heavy (non-hydrogen) atoms. The molecule has 4 N–H and O–H groups in total. The molecule has 0 spiro atoms. The van der Waals surface area contributed by atoms with E-state index in [1.807, 2.05) is 24.3 Å². The molecular formula is C20H22N6OS. The lowest BCUT2D eigenvalue weighted by Crippen LogP contribution is -2.06. The van der Waals surface area contributed by atoms with Crippen LogP contribution < -0.4 is 10.6 Å². The van der Waals surface area contributed by atoms with Crippen LogP contribution >= 0.6 is 12.2 Å². The van der Waals surface area contributed by atoms with Crippen molar-refractivity contribution in [3.8, 4) is 0 Å². The summed E-state index contributed by atoms with van der Waals surface area (Å²) >= 11 is 5.41. The van der Waals surface area contributed by atoms with Gasteiger partial charge in [0.2, 0.25) is 0 Å². The second kappa shape index (κ2) is 7.95. The van der Waals surface area contributed by atoms with Crippen LogP contribution in [0.15, 0.2) is 42.7 Å². The van der Waals surface area contributed by atoms with E-state index >= 15 is 0 Å². The smallest absolute Gasteiger partial charge is 0.178 e. The van der Waals surface area contributed by atoms with E-state index in [9.17, 15) is 0 Å². The number of aliphatic hydroxyl groups excluding tert-OH is 1. The standard InChI is InChI=1S/C20H22N6OS/c1-2-26-18-10-16-15(9-17(18)25-20(26)28)19(24-12-23-16)22-11-13-3-5-14(6-4-13)21-7-8-27/h3-6,9-10,12,21,27H,2,7-8,11H2,1H3,(H,25,28)(H,22,23,24). The molecule has 0 fully saturated rings. The van der Waals surface area contributed by atoms with Crippen molar-refractivity contribution in [1.29, 1.82) is 0 Å². The fraction of sp³-hybridized carbons (Fsp3) is 0.250. The van der Waals surface area contributed by atoms with Crippen LogP contribution in [0.4, 0.5) is 11.5 Å². The van der Waals surface area contributed by atoms with Crippen LogP contribution in [-0.2, 0) is 13.1 Å². The summed E-state index contributed by atoms with van der Waals surface area (Å²) in [6, 6.07) is 12.2. The maximum absolute atomic E-state index is 8.88. The minimum Gasteiger partial charge on any atom is -0.395 e. The fourth-order valence-corrected chi connectivity index (χ4v) is 3.63. The number of aromatic nitrogens is 4. The second-order valence-electron chi connectivity index (χ2n) is 6.48. The first-order chi connectivity index (χ1) is 13.7. The van der Waals surface area contributed by atoms with Crippen LogP contribution in [0.1, 0.15) is 12.5 Å². The van der Waals surface area contributed by atoms with E-state index in [1.165, 1.54) is 0 Å². The van der Waals surface area contributed by atoms with Crippen molar-refractivity contribution in [3.63, 3.8) is 0 Å². The topological polar surface area (TPSA) is 90.8 Å². The third-order valence-corrected chi connectivity index (χ3v) is 5.02. The molecule has 144 valence electrons. The van der Waals surface area contributed by atoms with Gasteiger partial charge in [-0.2, -0.15) is 0 Å². The first kappa shape index (κ1) is 18.4. The Bertz CT molecular complexity index is 1170. The molecule has 0 amide bonds. The van der Waals surface area contributed by atoms with Gasteiger partial charge in [-0.15, -0.1) is 0 Å². The molecule has 4 aromatic rings. The number of anilines is 2. The van der Waals surface area contributed by atoms with Crippen molar-refractivity contribution < 1.29 is 5.11 Å². The SMILES string of the molecule is CCn1c(=S)[nH]c2cc3c(NCc4ccc(NCCO)cc4)ncnc3cc21. The molecule has 2 aromatic heterocycles. The van der Waals surface area contributed by atoms with E-state index in [4.69, 9.17) is 17.3 Å². The number of fused-ring (bicyclic) bond motifs is 2. The Balaban J connectivity index is 1.60. The molecule has 0 saturated carbocycles. The molecular weight excluding hydrogens is 372 g/mol. The fourth-order valence-electron chi connectivity index (χ4n) is 3.29. The number of rotatable bonds is 7. The maximum atomic E-state index is 8.88. The van der Waals surface area contributed by atoms with Crippen molar-refractivity contribution >= 4 is 45.7 Å². The Kier molecular flexibility index (Phi) is 5.23. The van der Waals surface area contributed by atoms with Crippen LogP contribution in [0.25, 0.3) is 21.9 Å². The van der Waals surface area contributed by atoms with Crippen molar-refractivity contribution in [2.24, 2.45) is 0 Å².